The summed E-state index contributed by atoms with van der Waals surface area (Å²) in [7, 11) is 1.68. The van der Waals surface area contributed by atoms with Crippen LogP contribution < -0.4 is 14.8 Å². The molecule has 4 heteroatoms. The number of carbonyl (C=O) groups excluding carboxylic acids is 1. The number of rotatable bonds is 6. The molecule has 3 aromatic rings. The second-order valence-corrected chi connectivity index (χ2v) is 7.42. The predicted octanol–water partition coefficient (Wildman–Crippen LogP) is 6.48. The number of hydrogen-bond donors (Lipinski definition) is 1. The van der Waals surface area contributed by atoms with Crippen LogP contribution in [0.3, 0.4) is 0 Å². The zero-order valence-corrected chi connectivity index (χ0v) is 17.6. The topological polar surface area (TPSA) is 47.6 Å². The van der Waals surface area contributed by atoms with Crippen LogP contribution in [0.15, 0.2) is 60.7 Å². The van der Waals surface area contributed by atoms with Crippen molar-refractivity contribution < 1.29 is 14.3 Å². The maximum atomic E-state index is 12.4. The van der Waals surface area contributed by atoms with Gasteiger partial charge in [-0.3, -0.25) is 4.79 Å². The highest BCUT2D eigenvalue weighted by molar-refractivity contribution is 6.04. The summed E-state index contributed by atoms with van der Waals surface area (Å²) in [4.78, 5) is 12.4. The molecule has 0 unspecified atom stereocenters. The monoisotopic (exact) mass is 389 g/mol. The van der Waals surface area contributed by atoms with Crippen LogP contribution in [-0.4, -0.2) is 13.0 Å². The molecule has 0 saturated heterocycles. The maximum absolute atomic E-state index is 12.4. The van der Waals surface area contributed by atoms with Crippen molar-refractivity contribution in [3.05, 3.63) is 82.9 Å². The Kier molecular flexibility index (Phi) is 6.23. The van der Waals surface area contributed by atoms with Crippen LogP contribution in [0, 0.1) is 13.8 Å². The number of benzene rings is 3. The third-order valence-electron chi connectivity index (χ3n) is 4.80. The van der Waals surface area contributed by atoms with Gasteiger partial charge in [0.15, 0.2) is 0 Å². The lowest BCUT2D eigenvalue weighted by atomic mass is 10.0. The van der Waals surface area contributed by atoms with Crippen molar-refractivity contribution in [3.63, 3.8) is 0 Å². The molecule has 0 heterocycles. The summed E-state index contributed by atoms with van der Waals surface area (Å²) >= 11 is 0. The van der Waals surface area contributed by atoms with E-state index in [0.717, 1.165) is 39.6 Å². The van der Waals surface area contributed by atoms with Gasteiger partial charge in [0.1, 0.15) is 17.2 Å². The Balaban J connectivity index is 1.83. The molecular formula is C25H27NO3. The van der Waals surface area contributed by atoms with Gasteiger partial charge in [0, 0.05) is 16.8 Å². The Morgan fingerprint density at radius 2 is 1.59 bits per heavy atom. The molecule has 0 aliphatic carbocycles. The van der Waals surface area contributed by atoms with E-state index in [-0.39, 0.29) is 5.91 Å². The molecule has 3 rings (SSSR count). The van der Waals surface area contributed by atoms with E-state index in [9.17, 15) is 4.79 Å². The minimum atomic E-state index is -0.130. The summed E-state index contributed by atoms with van der Waals surface area (Å²) in [6, 6.07) is 18.9. The SMILES string of the molecule is COc1ccc(Oc2c(C)cc(NC(=O)c3ccccc3)cc2C)cc1C(C)C. The van der Waals surface area contributed by atoms with Crippen molar-refractivity contribution in [3.8, 4) is 17.2 Å². The van der Waals surface area contributed by atoms with Crippen LogP contribution in [0.5, 0.6) is 17.2 Å². The van der Waals surface area contributed by atoms with Gasteiger partial charge in [-0.1, -0.05) is 32.0 Å². The van der Waals surface area contributed by atoms with Crippen molar-refractivity contribution >= 4 is 11.6 Å². The number of methoxy groups -OCH3 is 1. The zero-order valence-electron chi connectivity index (χ0n) is 17.6. The Bertz CT molecular complexity index is 987. The molecule has 0 bridgehead atoms. The third kappa shape index (κ3) is 4.77. The van der Waals surface area contributed by atoms with Gasteiger partial charge in [-0.25, -0.2) is 0 Å². The lowest BCUT2D eigenvalue weighted by Crippen LogP contribution is -2.12. The van der Waals surface area contributed by atoms with Crippen molar-refractivity contribution in [2.45, 2.75) is 33.6 Å². The summed E-state index contributed by atoms with van der Waals surface area (Å²) in [5.41, 5.74) is 4.39. The minimum absolute atomic E-state index is 0.130. The average Bonchev–Trinajstić information content (AvgIpc) is 2.71. The van der Waals surface area contributed by atoms with Crippen molar-refractivity contribution in [1.29, 1.82) is 0 Å². The predicted molar refractivity (Wildman–Crippen MR) is 117 cm³/mol. The van der Waals surface area contributed by atoms with E-state index in [1.807, 2.05) is 62.4 Å². The van der Waals surface area contributed by atoms with Crippen LogP contribution >= 0.6 is 0 Å². The van der Waals surface area contributed by atoms with Crippen LogP contribution in [0.25, 0.3) is 0 Å². The Morgan fingerprint density at radius 3 is 2.17 bits per heavy atom. The minimum Gasteiger partial charge on any atom is -0.496 e. The second kappa shape index (κ2) is 8.82. The molecule has 29 heavy (non-hydrogen) atoms. The normalized spacial score (nSPS) is 10.7. The molecule has 0 aliphatic heterocycles. The number of carbonyl (C=O) groups is 1. The molecule has 0 aromatic heterocycles. The number of ether oxygens (including phenoxy) is 2. The lowest BCUT2D eigenvalue weighted by Gasteiger charge is -2.17. The summed E-state index contributed by atoms with van der Waals surface area (Å²) < 4.78 is 11.7. The summed E-state index contributed by atoms with van der Waals surface area (Å²) in [6.07, 6.45) is 0. The molecule has 150 valence electrons. The molecule has 3 aromatic carbocycles. The lowest BCUT2D eigenvalue weighted by molar-refractivity contribution is 0.102. The summed E-state index contributed by atoms with van der Waals surface area (Å²) in [5.74, 6) is 2.62. The highest BCUT2D eigenvalue weighted by Crippen LogP contribution is 2.35. The van der Waals surface area contributed by atoms with Crippen molar-refractivity contribution in [2.75, 3.05) is 12.4 Å². The van der Waals surface area contributed by atoms with E-state index < -0.39 is 0 Å². The van der Waals surface area contributed by atoms with Crippen LogP contribution in [0.1, 0.15) is 46.8 Å². The summed E-state index contributed by atoms with van der Waals surface area (Å²) in [6.45, 7) is 8.21. The van der Waals surface area contributed by atoms with E-state index in [0.29, 0.717) is 11.5 Å². The van der Waals surface area contributed by atoms with Gasteiger partial charge < -0.3 is 14.8 Å². The number of anilines is 1. The Hall–Kier alpha value is -3.27. The molecule has 0 radical (unpaired) electrons. The average molecular weight is 389 g/mol. The number of hydrogen-bond acceptors (Lipinski definition) is 3. The second-order valence-electron chi connectivity index (χ2n) is 7.42. The van der Waals surface area contributed by atoms with E-state index in [1.165, 1.54) is 0 Å². The number of nitrogens with one attached hydrogen (secondary N) is 1. The number of amides is 1. The standard InChI is InChI=1S/C25H27NO3/c1-16(2)22-15-21(11-12-23(22)28-5)29-24-17(3)13-20(14-18(24)4)26-25(27)19-9-7-6-8-10-19/h6-16H,1-5H3,(H,26,27). The van der Waals surface area contributed by atoms with Crippen molar-refractivity contribution in [2.24, 2.45) is 0 Å². The first kappa shape index (κ1) is 20.5. The van der Waals surface area contributed by atoms with Crippen molar-refractivity contribution in [1.82, 2.24) is 0 Å². The van der Waals surface area contributed by atoms with E-state index in [4.69, 9.17) is 9.47 Å². The first-order chi connectivity index (χ1) is 13.9. The van der Waals surface area contributed by atoms with Gasteiger partial charge in [0.2, 0.25) is 0 Å². The van der Waals surface area contributed by atoms with E-state index in [2.05, 4.69) is 19.2 Å². The molecule has 0 aliphatic rings. The molecular weight excluding hydrogens is 362 g/mol. The Morgan fingerprint density at radius 1 is 0.931 bits per heavy atom. The third-order valence-corrected chi connectivity index (χ3v) is 4.80. The highest BCUT2D eigenvalue weighted by atomic mass is 16.5. The van der Waals surface area contributed by atoms with Gasteiger partial charge in [0.05, 0.1) is 7.11 Å². The van der Waals surface area contributed by atoms with Crippen LogP contribution in [0.2, 0.25) is 0 Å². The molecule has 4 nitrogen and oxygen atoms in total. The van der Waals surface area contributed by atoms with Gasteiger partial charge in [-0.05, 0) is 73.4 Å². The molecule has 1 amide bonds. The fraction of sp³-hybridized carbons (Fsp3) is 0.240. The van der Waals surface area contributed by atoms with Crippen LogP contribution in [0.4, 0.5) is 5.69 Å². The zero-order chi connectivity index (χ0) is 21.0. The first-order valence-electron chi connectivity index (χ1n) is 9.72. The summed E-state index contributed by atoms with van der Waals surface area (Å²) in [5, 5.41) is 2.96. The quantitative estimate of drug-likeness (QED) is 0.525. The molecule has 0 fully saturated rings. The van der Waals surface area contributed by atoms with Gasteiger partial charge in [-0.2, -0.15) is 0 Å². The van der Waals surface area contributed by atoms with Gasteiger partial charge in [0.25, 0.3) is 5.91 Å². The first-order valence-corrected chi connectivity index (χ1v) is 9.72. The highest BCUT2D eigenvalue weighted by Gasteiger charge is 2.13. The Labute approximate surface area is 172 Å². The molecule has 0 atom stereocenters. The van der Waals surface area contributed by atoms with Crippen LogP contribution in [-0.2, 0) is 0 Å². The largest absolute Gasteiger partial charge is 0.496 e. The van der Waals surface area contributed by atoms with Gasteiger partial charge in [-0.15, -0.1) is 0 Å². The maximum Gasteiger partial charge on any atom is 0.255 e. The number of aryl methyl sites for hydroxylation is 2. The molecule has 0 saturated carbocycles. The molecule has 1 N–H and O–H groups in total. The molecule has 0 spiro atoms. The fourth-order valence-corrected chi connectivity index (χ4v) is 3.32. The van der Waals surface area contributed by atoms with E-state index >= 15 is 0 Å². The van der Waals surface area contributed by atoms with Gasteiger partial charge >= 0.3 is 0 Å². The van der Waals surface area contributed by atoms with E-state index in [1.54, 1.807) is 19.2 Å². The smallest absolute Gasteiger partial charge is 0.255 e. The fourth-order valence-electron chi connectivity index (χ4n) is 3.32.